The van der Waals surface area contributed by atoms with Gasteiger partial charge in [0.25, 0.3) is 15.9 Å². The summed E-state index contributed by atoms with van der Waals surface area (Å²) in [5.41, 5.74) is 4.42. The van der Waals surface area contributed by atoms with Crippen LogP contribution in [0.1, 0.15) is 27.2 Å². The third kappa shape index (κ3) is 2.89. The fraction of sp³-hybridized carbons (Fsp3) is 0.500. The van der Waals surface area contributed by atoms with Crippen LogP contribution in [0.5, 0.6) is 5.75 Å². The van der Waals surface area contributed by atoms with Crippen LogP contribution in [-0.4, -0.2) is 26.5 Å². The average molecular weight is 312 g/mol. The molecule has 0 aliphatic heterocycles. The van der Waals surface area contributed by atoms with Gasteiger partial charge in [-0.25, -0.2) is 13.1 Å². The minimum atomic E-state index is -3.92. The summed E-state index contributed by atoms with van der Waals surface area (Å²) in [6, 6.07) is 5.87. The molecule has 0 radical (unpaired) electrons. The van der Waals surface area contributed by atoms with Gasteiger partial charge in [-0.3, -0.25) is 4.79 Å². The molecule has 6 nitrogen and oxygen atoms in total. The Morgan fingerprint density at radius 2 is 1.86 bits per heavy atom. The van der Waals surface area contributed by atoms with Crippen molar-refractivity contribution in [3.05, 3.63) is 24.3 Å². The number of carbonyl (C=O) groups is 1. The van der Waals surface area contributed by atoms with Crippen molar-refractivity contribution in [2.24, 2.45) is 11.1 Å². The number of rotatable bonds is 5. The quantitative estimate of drug-likeness (QED) is 0.845. The summed E-state index contributed by atoms with van der Waals surface area (Å²) in [4.78, 5) is 12.1. The van der Waals surface area contributed by atoms with E-state index in [1.165, 1.54) is 12.1 Å². The smallest absolute Gasteiger partial charge is 0.264 e. The summed E-state index contributed by atoms with van der Waals surface area (Å²) in [6.07, 6.45) is 0.463. The molecule has 1 fully saturated rings. The number of carbonyl (C=O) groups excluding carboxylic acids is 1. The molecule has 1 atom stereocenters. The van der Waals surface area contributed by atoms with E-state index in [0.717, 1.165) is 0 Å². The topological polar surface area (TPSA) is 98.5 Å². The molecule has 1 saturated carbocycles. The van der Waals surface area contributed by atoms with Gasteiger partial charge in [-0.1, -0.05) is 13.8 Å². The van der Waals surface area contributed by atoms with Crippen molar-refractivity contribution in [2.45, 2.75) is 37.6 Å². The number of nitrogens with two attached hydrogens (primary N) is 1. The zero-order valence-electron chi connectivity index (χ0n) is 12.3. The van der Waals surface area contributed by atoms with E-state index in [9.17, 15) is 13.2 Å². The Kier molecular flexibility index (Phi) is 3.75. The van der Waals surface area contributed by atoms with Crippen LogP contribution in [0.2, 0.25) is 0 Å². The maximum Gasteiger partial charge on any atom is 0.264 e. The zero-order valence-corrected chi connectivity index (χ0v) is 13.2. The van der Waals surface area contributed by atoms with Crippen LogP contribution in [0, 0.1) is 5.41 Å². The van der Waals surface area contributed by atoms with Crippen LogP contribution in [-0.2, 0) is 14.8 Å². The molecule has 2 rings (SSSR count). The molecule has 1 aromatic carbocycles. The number of hydrogen-bond donors (Lipinski definition) is 2. The highest BCUT2D eigenvalue weighted by Gasteiger charge is 2.64. The predicted octanol–water partition coefficient (Wildman–Crippen LogP) is 1.02. The van der Waals surface area contributed by atoms with Crippen molar-refractivity contribution >= 4 is 15.9 Å². The second-order valence-corrected chi connectivity index (χ2v) is 7.55. The van der Waals surface area contributed by atoms with Gasteiger partial charge < -0.3 is 10.5 Å². The molecule has 1 aromatic rings. The van der Waals surface area contributed by atoms with E-state index in [4.69, 9.17) is 10.5 Å². The molecule has 116 valence electrons. The minimum Gasteiger partial charge on any atom is -0.494 e. The van der Waals surface area contributed by atoms with Crippen molar-refractivity contribution in [1.82, 2.24) is 4.72 Å². The molecule has 1 unspecified atom stereocenters. The average Bonchev–Trinajstić information content (AvgIpc) is 2.90. The van der Waals surface area contributed by atoms with E-state index in [-0.39, 0.29) is 10.3 Å². The lowest BCUT2D eigenvalue weighted by Gasteiger charge is -2.15. The Morgan fingerprint density at radius 3 is 2.29 bits per heavy atom. The Balaban J connectivity index is 2.14. The lowest BCUT2D eigenvalue weighted by atomic mass is 10.1. The molecule has 1 amide bonds. The molecule has 7 heteroatoms. The van der Waals surface area contributed by atoms with E-state index in [1.807, 2.05) is 25.5 Å². The second kappa shape index (κ2) is 4.99. The first-order chi connectivity index (χ1) is 9.62. The van der Waals surface area contributed by atoms with Gasteiger partial charge in [0, 0.05) is 0 Å². The number of sulfonamides is 1. The molecular formula is C14H20N2O4S. The van der Waals surface area contributed by atoms with Crippen LogP contribution < -0.4 is 15.2 Å². The number of ether oxygens (including phenoxy) is 1. The summed E-state index contributed by atoms with van der Waals surface area (Å²) >= 11 is 0. The Morgan fingerprint density at radius 1 is 1.33 bits per heavy atom. The van der Waals surface area contributed by atoms with Crippen LogP contribution in [0.3, 0.4) is 0 Å². The molecular weight excluding hydrogens is 292 g/mol. The van der Waals surface area contributed by atoms with Crippen molar-refractivity contribution in [1.29, 1.82) is 0 Å². The largest absolute Gasteiger partial charge is 0.494 e. The Labute approximate surface area is 124 Å². The summed E-state index contributed by atoms with van der Waals surface area (Å²) in [5, 5.41) is 0. The molecule has 0 saturated heterocycles. The maximum atomic E-state index is 12.2. The number of benzene rings is 1. The van der Waals surface area contributed by atoms with E-state index < -0.39 is 21.5 Å². The molecule has 0 heterocycles. The molecule has 1 aliphatic rings. The first-order valence-corrected chi connectivity index (χ1v) is 8.20. The highest BCUT2D eigenvalue weighted by Crippen LogP contribution is 2.53. The number of hydrogen-bond acceptors (Lipinski definition) is 5. The van der Waals surface area contributed by atoms with Crippen molar-refractivity contribution in [2.75, 3.05) is 6.61 Å². The summed E-state index contributed by atoms with van der Waals surface area (Å²) < 4.78 is 31.6. The lowest BCUT2D eigenvalue weighted by Crippen LogP contribution is -2.48. The van der Waals surface area contributed by atoms with Gasteiger partial charge in [0.15, 0.2) is 0 Å². The molecule has 21 heavy (non-hydrogen) atoms. The SMILES string of the molecule is CCOc1ccc(S(=O)(=O)NC(=O)C2(N)CC2(C)C)cc1. The summed E-state index contributed by atoms with van der Waals surface area (Å²) in [5.74, 6) is -0.0946. The van der Waals surface area contributed by atoms with E-state index >= 15 is 0 Å². The van der Waals surface area contributed by atoms with Crippen LogP contribution in [0.4, 0.5) is 0 Å². The molecule has 0 aromatic heterocycles. The molecule has 0 spiro atoms. The van der Waals surface area contributed by atoms with Crippen molar-refractivity contribution < 1.29 is 17.9 Å². The predicted molar refractivity (Wildman–Crippen MR) is 78.3 cm³/mol. The van der Waals surface area contributed by atoms with Gasteiger partial charge in [-0.05, 0) is 43.0 Å². The minimum absolute atomic E-state index is 0.00126. The number of nitrogens with one attached hydrogen (secondary N) is 1. The first-order valence-electron chi connectivity index (χ1n) is 6.71. The van der Waals surface area contributed by atoms with E-state index in [1.54, 1.807) is 12.1 Å². The monoisotopic (exact) mass is 312 g/mol. The van der Waals surface area contributed by atoms with Gasteiger partial charge in [-0.2, -0.15) is 0 Å². The second-order valence-electron chi connectivity index (χ2n) is 5.87. The Bertz CT molecular complexity index is 652. The van der Waals surface area contributed by atoms with Crippen LogP contribution >= 0.6 is 0 Å². The third-order valence-corrected chi connectivity index (χ3v) is 5.23. The Hall–Kier alpha value is -1.60. The van der Waals surface area contributed by atoms with Crippen molar-refractivity contribution in [3.8, 4) is 5.75 Å². The first kappa shape index (κ1) is 15.8. The normalized spacial score (nSPS) is 23.4. The van der Waals surface area contributed by atoms with Gasteiger partial charge in [-0.15, -0.1) is 0 Å². The van der Waals surface area contributed by atoms with Gasteiger partial charge in [0.05, 0.1) is 11.5 Å². The molecule has 1 aliphatic carbocycles. The standard InChI is InChI=1S/C14H20N2O4S/c1-4-20-10-5-7-11(8-6-10)21(18,19)16-12(17)14(15)9-13(14,2)3/h5-8H,4,9,15H2,1-3H3,(H,16,17). The van der Waals surface area contributed by atoms with Crippen LogP contribution in [0.25, 0.3) is 0 Å². The van der Waals surface area contributed by atoms with Gasteiger partial charge >= 0.3 is 0 Å². The third-order valence-electron chi connectivity index (χ3n) is 3.88. The highest BCUT2D eigenvalue weighted by atomic mass is 32.2. The molecule has 3 N–H and O–H groups in total. The lowest BCUT2D eigenvalue weighted by molar-refractivity contribution is -0.122. The van der Waals surface area contributed by atoms with E-state index in [2.05, 4.69) is 0 Å². The highest BCUT2D eigenvalue weighted by molar-refractivity contribution is 7.90. The summed E-state index contributed by atoms with van der Waals surface area (Å²) in [7, 11) is -3.92. The summed E-state index contributed by atoms with van der Waals surface area (Å²) in [6.45, 7) is 5.99. The van der Waals surface area contributed by atoms with Crippen LogP contribution in [0.15, 0.2) is 29.2 Å². The number of amides is 1. The van der Waals surface area contributed by atoms with Gasteiger partial charge in [0.1, 0.15) is 11.3 Å². The fourth-order valence-electron chi connectivity index (χ4n) is 2.19. The van der Waals surface area contributed by atoms with Gasteiger partial charge in [0.2, 0.25) is 0 Å². The van der Waals surface area contributed by atoms with E-state index in [0.29, 0.717) is 18.8 Å². The fourth-order valence-corrected chi connectivity index (χ4v) is 3.23. The zero-order chi connectivity index (χ0) is 15.9. The maximum absolute atomic E-state index is 12.2. The molecule has 0 bridgehead atoms. The van der Waals surface area contributed by atoms with Crippen molar-refractivity contribution in [3.63, 3.8) is 0 Å².